The van der Waals surface area contributed by atoms with E-state index in [4.69, 9.17) is 12.2 Å². The number of hydrogen-bond donors (Lipinski definition) is 1. The van der Waals surface area contributed by atoms with E-state index in [1.54, 1.807) is 4.68 Å². The summed E-state index contributed by atoms with van der Waals surface area (Å²) < 4.78 is 31.5. The molecule has 1 aliphatic rings. The van der Waals surface area contributed by atoms with Gasteiger partial charge in [0.1, 0.15) is 11.6 Å². The number of aromatic nitrogens is 3. The molecular weight excluding hydrogens is 382 g/mol. The predicted molar refractivity (Wildman–Crippen MR) is 105 cm³/mol. The fraction of sp³-hybridized carbons (Fsp3) is 0.300. The minimum Gasteiger partial charge on any atom is -0.393 e. The number of nitrogens with zero attached hydrogens (tertiary/aromatic N) is 4. The van der Waals surface area contributed by atoms with E-state index in [-0.39, 0.29) is 11.8 Å². The van der Waals surface area contributed by atoms with Crippen molar-refractivity contribution in [3.05, 3.63) is 64.9 Å². The Labute approximate surface area is 166 Å². The van der Waals surface area contributed by atoms with Crippen LogP contribution in [0.1, 0.15) is 12.8 Å². The van der Waals surface area contributed by atoms with Crippen LogP contribution in [0.25, 0.3) is 17.1 Å². The highest BCUT2D eigenvalue weighted by atomic mass is 32.1. The fourth-order valence-corrected chi connectivity index (χ4v) is 3.69. The van der Waals surface area contributed by atoms with Crippen LogP contribution < -0.4 is 0 Å². The van der Waals surface area contributed by atoms with Gasteiger partial charge in [0.05, 0.1) is 18.5 Å². The first kappa shape index (κ1) is 18.9. The van der Waals surface area contributed by atoms with E-state index in [0.717, 1.165) is 24.7 Å². The first-order valence-electron chi connectivity index (χ1n) is 9.14. The first-order chi connectivity index (χ1) is 13.5. The molecule has 0 unspecified atom stereocenters. The Morgan fingerprint density at radius 3 is 2.46 bits per heavy atom. The van der Waals surface area contributed by atoms with E-state index >= 15 is 0 Å². The summed E-state index contributed by atoms with van der Waals surface area (Å²) >= 11 is 5.61. The fourth-order valence-electron chi connectivity index (χ4n) is 3.40. The molecule has 2 aromatic carbocycles. The van der Waals surface area contributed by atoms with E-state index < -0.39 is 11.6 Å². The van der Waals surface area contributed by atoms with Gasteiger partial charge >= 0.3 is 0 Å². The molecular formula is C20H20F2N4OS. The number of halogens is 2. The lowest BCUT2D eigenvalue weighted by molar-refractivity contribution is 0.0651. The number of hydrogen-bond acceptors (Lipinski definition) is 4. The lowest BCUT2D eigenvalue weighted by Gasteiger charge is -2.28. The Kier molecular flexibility index (Phi) is 5.34. The summed E-state index contributed by atoms with van der Waals surface area (Å²) in [7, 11) is 0. The largest absolute Gasteiger partial charge is 0.393 e. The molecule has 3 aromatic rings. The van der Waals surface area contributed by atoms with Crippen molar-refractivity contribution in [2.24, 2.45) is 0 Å². The second-order valence-corrected chi connectivity index (χ2v) is 7.26. The third-order valence-corrected chi connectivity index (χ3v) is 5.31. The van der Waals surface area contributed by atoms with Crippen molar-refractivity contribution in [1.29, 1.82) is 0 Å². The van der Waals surface area contributed by atoms with Crippen molar-refractivity contribution in [3.8, 4) is 17.1 Å². The molecule has 2 heterocycles. The molecule has 4 rings (SSSR count). The molecule has 146 valence electrons. The number of piperidine rings is 1. The average Bonchev–Trinajstić information content (AvgIpc) is 3.01. The van der Waals surface area contributed by atoms with Crippen LogP contribution in [0, 0.1) is 16.4 Å². The van der Waals surface area contributed by atoms with Gasteiger partial charge in [-0.2, -0.15) is 0 Å². The smallest absolute Gasteiger partial charge is 0.204 e. The summed E-state index contributed by atoms with van der Waals surface area (Å²) in [4.78, 5) is 2.15. The van der Waals surface area contributed by atoms with Crippen molar-refractivity contribution < 1.29 is 13.9 Å². The van der Waals surface area contributed by atoms with Crippen LogP contribution in [-0.2, 0) is 6.67 Å². The van der Waals surface area contributed by atoms with Crippen molar-refractivity contribution in [2.75, 3.05) is 13.1 Å². The van der Waals surface area contributed by atoms with Gasteiger partial charge in [0.15, 0.2) is 5.82 Å². The molecule has 0 spiro atoms. The molecule has 1 aromatic heterocycles. The van der Waals surface area contributed by atoms with Gasteiger partial charge in [-0.15, -0.1) is 5.10 Å². The Morgan fingerprint density at radius 1 is 1.07 bits per heavy atom. The molecule has 0 saturated carbocycles. The molecule has 0 radical (unpaired) electrons. The minimum atomic E-state index is -0.700. The van der Waals surface area contributed by atoms with Crippen molar-refractivity contribution in [2.45, 2.75) is 25.6 Å². The van der Waals surface area contributed by atoms with Crippen LogP contribution in [0.2, 0.25) is 0 Å². The summed E-state index contributed by atoms with van der Waals surface area (Å²) in [6, 6.07) is 12.8. The Bertz CT molecular complexity index is 1030. The Hall–Kier alpha value is -2.42. The third kappa shape index (κ3) is 3.76. The van der Waals surface area contributed by atoms with E-state index in [0.29, 0.717) is 30.1 Å². The lowest BCUT2D eigenvalue weighted by atomic mass is 10.1. The zero-order chi connectivity index (χ0) is 19.7. The van der Waals surface area contributed by atoms with Crippen molar-refractivity contribution in [1.82, 2.24) is 19.2 Å². The van der Waals surface area contributed by atoms with Gasteiger partial charge < -0.3 is 5.11 Å². The SMILES string of the molecule is OC1CCN(Cn2nc(-c3ccccc3)n(-c3ccc(F)cc3F)c2=S)CC1. The lowest BCUT2D eigenvalue weighted by Crippen LogP contribution is -2.37. The third-order valence-electron chi connectivity index (χ3n) is 4.91. The number of rotatable bonds is 4. The minimum absolute atomic E-state index is 0.158. The Morgan fingerprint density at radius 2 is 1.79 bits per heavy atom. The molecule has 0 atom stereocenters. The predicted octanol–water partition coefficient (Wildman–Crippen LogP) is 3.76. The normalized spacial score (nSPS) is 15.8. The van der Waals surface area contributed by atoms with Gasteiger partial charge in [0.25, 0.3) is 0 Å². The number of likely N-dealkylation sites (tertiary alicyclic amines) is 1. The summed E-state index contributed by atoms with van der Waals surface area (Å²) in [5.74, 6) is -0.852. The molecule has 28 heavy (non-hydrogen) atoms. The number of aliphatic hydroxyl groups excluding tert-OH is 1. The topological polar surface area (TPSA) is 46.2 Å². The van der Waals surface area contributed by atoms with Crippen LogP contribution in [0.4, 0.5) is 8.78 Å². The second-order valence-electron chi connectivity index (χ2n) is 6.89. The van der Waals surface area contributed by atoms with Gasteiger partial charge in [-0.05, 0) is 37.2 Å². The quantitative estimate of drug-likeness (QED) is 0.675. The zero-order valence-electron chi connectivity index (χ0n) is 15.1. The summed E-state index contributed by atoms with van der Waals surface area (Å²) in [6.07, 6.45) is 1.13. The van der Waals surface area contributed by atoms with Crippen LogP contribution in [0.15, 0.2) is 48.5 Å². The highest BCUT2D eigenvalue weighted by Crippen LogP contribution is 2.25. The van der Waals surface area contributed by atoms with Crippen molar-refractivity contribution in [3.63, 3.8) is 0 Å². The highest BCUT2D eigenvalue weighted by molar-refractivity contribution is 7.71. The summed E-state index contributed by atoms with van der Waals surface area (Å²) in [5, 5.41) is 14.3. The summed E-state index contributed by atoms with van der Waals surface area (Å²) in [6.45, 7) is 1.92. The standard InChI is InChI=1S/C20H20F2N4OS/c21-15-6-7-18(17(22)12-15)26-19(14-4-2-1-3-5-14)23-25(20(26)28)13-24-10-8-16(27)9-11-24/h1-7,12,16,27H,8-11,13H2. The molecule has 1 aliphatic heterocycles. The van der Waals surface area contributed by atoms with Crippen LogP contribution in [-0.4, -0.2) is 43.5 Å². The molecule has 8 heteroatoms. The zero-order valence-corrected chi connectivity index (χ0v) is 15.9. The van der Waals surface area contributed by atoms with Crippen molar-refractivity contribution >= 4 is 12.2 Å². The number of benzene rings is 2. The Balaban J connectivity index is 1.79. The van der Waals surface area contributed by atoms with E-state index in [9.17, 15) is 13.9 Å². The molecule has 0 amide bonds. The van der Waals surface area contributed by atoms with Gasteiger partial charge in [-0.3, -0.25) is 9.47 Å². The van der Waals surface area contributed by atoms with E-state index in [1.807, 2.05) is 30.3 Å². The van der Waals surface area contributed by atoms with Crippen LogP contribution >= 0.6 is 12.2 Å². The van der Waals surface area contributed by atoms with Gasteiger partial charge in [0.2, 0.25) is 4.77 Å². The molecule has 1 saturated heterocycles. The van der Waals surface area contributed by atoms with E-state index in [2.05, 4.69) is 10.00 Å². The highest BCUT2D eigenvalue weighted by Gasteiger charge is 2.21. The first-order valence-corrected chi connectivity index (χ1v) is 9.55. The van der Waals surface area contributed by atoms with Gasteiger partial charge in [-0.25, -0.2) is 13.5 Å². The monoisotopic (exact) mass is 402 g/mol. The maximum absolute atomic E-state index is 14.5. The van der Waals surface area contributed by atoms with Crippen LogP contribution in [0.5, 0.6) is 0 Å². The van der Waals surface area contributed by atoms with Gasteiger partial charge in [-0.1, -0.05) is 30.3 Å². The second kappa shape index (κ2) is 7.90. The van der Waals surface area contributed by atoms with E-state index in [1.165, 1.54) is 16.7 Å². The summed E-state index contributed by atoms with van der Waals surface area (Å²) in [5.41, 5.74) is 0.940. The van der Waals surface area contributed by atoms with Crippen LogP contribution in [0.3, 0.4) is 0 Å². The molecule has 0 aliphatic carbocycles. The molecule has 5 nitrogen and oxygen atoms in total. The maximum atomic E-state index is 14.5. The average molecular weight is 402 g/mol. The maximum Gasteiger partial charge on any atom is 0.204 e. The van der Waals surface area contributed by atoms with Gasteiger partial charge in [0, 0.05) is 24.7 Å². The molecule has 1 N–H and O–H groups in total. The molecule has 1 fully saturated rings. The molecule has 0 bridgehead atoms. The number of aliphatic hydroxyl groups is 1.